The Morgan fingerprint density at radius 3 is 2.47 bits per heavy atom. The van der Waals surface area contributed by atoms with Gasteiger partial charge in [0.05, 0.1) is 0 Å². The van der Waals surface area contributed by atoms with E-state index in [9.17, 15) is 0 Å². The highest BCUT2D eigenvalue weighted by molar-refractivity contribution is 8.18. The summed E-state index contributed by atoms with van der Waals surface area (Å²) in [4.78, 5) is 1.57. The molecule has 0 heterocycles. The summed E-state index contributed by atoms with van der Waals surface area (Å²) in [5, 5.41) is 1.49. The summed E-state index contributed by atoms with van der Waals surface area (Å²) >= 11 is 0. The molecule has 0 aromatic heterocycles. The largest absolute Gasteiger partial charge is 0.214 e. The smallest absolute Gasteiger partial charge is 0.0125 e. The van der Waals surface area contributed by atoms with Crippen LogP contribution in [0.1, 0.15) is 25.7 Å². The van der Waals surface area contributed by atoms with E-state index in [0.29, 0.717) is 0 Å². The maximum absolute atomic E-state index is 2.49. The van der Waals surface area contributed by atoms with Gasteiger partial charge in [0, 0.05) is 10.5 Å². The van der Waals surface area contributed by atoms with Crippen molar-refractivity contribution >= 4 is 10.9 Å². The molecule has 19 heavy (non-hydrogen) atoms. The molecular weight excluding hydrogens is 248 g/mol. The highest BCUT2D eigenvalue weighted by Gasteiger charge is 2.25. The van der Waals surface area contributed by atoms with E-state index in [1.165, 1.54) is 25.7 Å². The zero-order valence-electron chi connectivity index (χ0n) is 11.3. The van der Waals surface area contributed by atoms with Crippen LogP contribution in [0.15, 0.2) is 71.7 Å². The minimum absolute atomic E-state index is 0.117. The van der Waals surface area contributed by atoms with Crippen LogP contribution in [0.5, 0.6) is 0 Å². The summed E-state index contributed by atoms with van der Waals surface area (Å²) in [6, 6.07) is 11.2. The van der Waals surface area contributed by atoms with Crippen LogP contribution in [0, 0.1) is 0 Å². The van der Waals surface area contributed by atoms with Crippen molar-refractivity contribution in [3.8, 4) is 0 Å². The first kappa shape index (κ1) is 12.8. The summed E-state index contributed by atoms with van der Waals surface area (Å²) in [6.45, 7) is 0. The van der Waals surface area contributed by atoms with E-state index < -0.39 is 0 Å². The molecule has 0 N–H and O–H groups in total. The number of allylic oxidation sites excluding steroid dienone is 4. The van der Waals surface area contributed by atoms with Crippen molar-refractivity contribution < 1.29 is 0 Å². The average Bonchev–Trinajstić information content (AvgIpc) is 2.51. The van der Waals surface area contributed by atoms with Gasteiger partial charge < -0.3 is 0 Å². The Morgan fingerprint density at radius 2 is 1.79 bits per heavy atom. The third-order valence-electron chi connectivity index (χ3n) is 3.96. The first-order valence-corrected chi connectivity index (χ1v) is 8.76. The third kappa shape index (κ3) is 3.03. The molecule has 1 aromatic rings. The lowest BCUT2D eigenvalue weighted by atomic mass is 10.1. The zero-order valence-corrected chi connectivity index (χ0v) is 12.2. The second-order valence-electron chi connectivity index (χ2n) is 5.29. The zero-order chi connectivity index (χ0) is 12.9. The number of hydrogen-bond donors (Lipinski definition) is 1. The first-order valence-electron chi connectivity index (χ1n) is 7.28. The molecule has 0 bridgehead atoms. The van der Waals surface area contributed by atoms with E-state index in [1.54, 1.807) is 4.90 Å². The number of hydrogen-bond acceptors (Lipinski definition) is 0. The van der Waals surface area contributed by atoms with Crippen LogP contribution in [0.2, 0.25) is 0 Å². The molecule has 1 aromatic carbocycles. The monoisotopic (exact) mass is 270 g/mol. The Bertz CT molecular complexity index is 482. The van der Waals surface area contributed by atoms with Crippen LogP contribution in [-0.2, 0) is 0 Å². The third-order valence-corrected chi connectivity index (χ3v) is 7.09. The summed E-state index contributed by atoms with van der Waals surface area (Å²) < 4.78 is 0. The van der Waals surface area contributed by atoms with Crippen molar-refractivity contribution in [3.05, 3.63) is 66.8 Å². The van der Waals surface area contributed by atoms with Crippen molar-refractivity contribution in [3.63, 3.8) is 0 Å². The fourth-order valence-electron chi connectivity index (χ4n) is 3.03. The number of thiol groups is 1. The summed E-state index contributed by atoms with van der Waals surface area (Å²) in [5.74, 6) is 0. The maximum atomic E-state index is 2.49. The minimum atomic E-state index is -0.117. The fraction of sp³-hybridized carbons (Fsp3) is 0.333. The second-order valence-corrected chi connectivity index (χ2v) is 7.94. The van der Waals surface area contributed by atoms with E-state index in [1.807, 2.05) is 0 Å². The summed E-state index contributed by atoms with van der Waals surface area (Å²) in [7, 11) is -0.117. The molecule has 0 nitrogen and oxygen atoms in total. The molecule has 2 aliphatic rings. The molecule has 3 rings (SSSR count). The van der Waals surface area contributed by atoms with Gasteiger partial charge in [0.2, 0.25) is 0 Å². The standard InChI is InChI=1S/C18H22S/c1-4-10-16(11-5-1)19(17-12-6-2-7-13-17)18-14-8-3-9-15-18/h1-2,4-8,10-12,14,17-19H,3,9,13,15H2. The number of benzene rings is 1. The molecule has 0 spiro atoms. The number of rotatable bonds is 3. The van der Waals surface area contributed by atoms with E-state index >= 15 is 0 Å². The van der Waals surface area contributed by atoms with E-state index in [-0.39, 0.29) is 10.9 Å². The fourth-order valence-corrected chi connectivity index (χ4v) is 6.20. The first-order chi connectivity index (χ1) is 9.45. The van der Waals surface area contributed by atoms with Gasteiger partial charge in [0.1, 0.15) is 0 Å². The Morgan fingerprint density at radius 1 is 0.895 bits per heavy atom. The Kier molecular flexibility index (Phi) is 4.24. The van der Waals surface area contributed by atoms with Crippen LogP contribution in [-0.4, -0.2) is 10.5 Å². The van der Waals surface area contributed by atoms with Gasteiger partial charge in [0.25, 0.3) is 0 Å². The highest BCUT2D eigenvalue weighted by Crippen LogP contribution is 2.50. The van der Waals surface area contributed by atoms with Gasteiger partial charge in [-0.25, -0.2) is 10.9 Å². The predicted molar refractivity (Wildman–Crippen MR) is 87.2 cm³/mol. The molecule has 0 amide bonds. The van der Waals surface area contributed by atoms with E-state index in [4.69, 9.17) is 0 Å². The summed E-state index contributed by atoms with van der Waals surface area (Å²) in [6.07, 6.45) is 19.3. The molecule has 0 fully saturated rings. The molecule has 3 atom stereocenters. The molecule has 100 valence electrons. The van der Waals surface area contributed by atoms with Crippen molar-refractivity contribution in [1.29, 1.82) is 0 Å². The van der Waals surface area contributed by atoms with E-state index in [0.717, 1.165) is 10.5 Å². The molecular formula is C18H22S. The molecule has 0 aliphatic heterocycles. The van der Waals surface area contributed by atoms with Crippen molar-refractivity contribution in [2.45, 2.75) is 41.1 Å². The van der Waals surface area contributed by atoms with Crippen LogP contribution < -0.4 is 0 Å². The van der Waals surface area contributed by atoms with Gasteiger partial charge in [0.15, 0.2) is 0 Å². The Labute approximate surface area is 119 Å². The topological polar surface area (TPSA) is 0 Å². The second kappa shape index (κ2) is 6.29. The Balaban J connectivity index is 1.90. The lowest BCUT2D eigenvalue weighted by Crippen LogP contribution is -2.18. The quantitative estimate of drug-likeness (QED) is 0.577. The molecule has 2 aliphatic carbocycles. The van der Waals surface area contributed by atoms with Gasteiger partial charge in [-0.3, -0.25) is 0 Å². The molecule has 0 radical (unpaired) electrons. The van der Waals surface area contributed by atoms with Crippen molar-refractivity contribution in [2.75, 3.05) is 0 Å². The molecule has 0 saturated carbocycles. The normalized spacial score (nSPS) is 28.3. The Hall–Kier alpha value is -1.21. The van der Waals surface area contributed by atoms with Crippen molar-refractivity contribution in [2.24, 2.45) is 0 Å². The maximum Gasteiger partial charge on any atom is 0.0125 e. The minimum Gasteiger partial charge on any atom is -0.214 e. The predicted octanol–water partition coefficient (Wildman–Crippen LogP) is 5.04. The van der Waals surface area contributed by atoms with Gasteiger partial charge in [-0.2, -0.15) is 0 Å². The van der Waals surface area contributed by atoms with Crippen molar-refractivity contribution in [1.82, 2.24) is 0 Å². The van der Waals surface area contributed by atoms with Gasteiger partial charge in [-0.1, -0.05) is 66.8 Å². The van der Waals surface area contributed by atoms with Gasteiger partial charge in [-0.05, 0) is 30.6 Å². The van der Waals surface area contributed by atoms with Gasteiger partial charge >= 0.3 is 0 Å². The highest BCUT2D eigenvalue weighted by atomic mass is 32.2. The van der Waals surface area contributed by atoms with Crippen LogP contribution >= 0.6 is 10.9 Å². The van der Waals surface area contributed by atoms with E-state index in [2.05, 4.69) is 66.8 Å². The molecule has 0 saturated heterocycles. The molecule has 1 heteroatoms. The van der Waals surface area contributed by atoms with Gasteiger partial charge in [-0.15, -0.1) is 0 Å². The SMILES string of the molecule is C1=CCC([SH](c2ccccc2)C2C=CCCC2)C=C1. The lowest BCUT2D eigenvalue weighted by Gasteiger charge is -2.37. The average molecular weight is 270 g/mol. The lowest BCUT2D eigenvalue weighted by molar-refractivity contribution is 0.735. The van der Waals surface area contributed by atoms with Crippen LogP contribution in [0.4, 0.5) is 0 Å². The van der Waals surface area contributed by atoms with Crippen LogP contribution in [0.3, 0.4) is 0 Å². The molecule has 3 unspecified atom stereocenters. The van der Waals surface area contributed by atoms with Crippen LogP contribution in [0.25, 0.3) is 0 Å². The summed E-state index contributed by atoms with van der Waals surface area (Å²) in [5.41, 5.74) is 0.